The van der Waals surface area contributed by atoms with E-state index < -0.39 is 5.82 Å². The van der Waals surface area contributed by atoms with Crippen molar-refractivity contribution >= 4 is 49.9 Å². The van der Waals surface area contributed by atoms with Gasteiger partial charge in [0, 0.05) is 15.9 Å². The molecule has 3 aromatic rings. The van der Waals surface area contributed by atoms with Gasteiger partial charge in [0.1, 0.15) is 12.1 Å². The molecule has 32 heavy (non-hydrogen) atoms. The Morgan fingerprint density at radius 2 is 1.97 bits per heavy atom. The summed E-state index contributed by atoms with van der Waals surface area (Å²) in [6.45, 7) is 2.91. The predicted molar refractivity (Wildman–Crippen MR) is 127 cm³/mol. The van der Waals surface area contributed by atoms with Gasteiger partial charge in [0.15, 0.2) is 17.3 Å². The molecule has 9 heteroatoms. The van der Waals surface area contributed by atoms with Crippen molar-refractivity contribution in [3.63, 3.8) is 0 Å². The summed E-state index contributed by atoms with van der Waals surface area (Å²) in [5.74, 6) is 3.24. The van der Waals surface area contributed by atoms with Gasteiger partial charge in [-0.1, -0.05) is 11.6 Å². The van der Waals surface area contributed by atoms with Gasteiger partial charge in [0.05, 0.1) is 29.9 Å². The van der Waals surface area contributed by atoms with Crippen molar-refractivity contribution in [2.75, 3.05) is 32.1 Å². The summed E-state index contributed by atoms with van der Waals surface area (Å²) in [6, 6.07) is 6.94. The molecule has 0 bridgehead atoms. The second-order valence-corrected chi connectivity index (χ2v) is 9.65. The van der Waals surface area contributed by atoms with E-state index in [0.717, 1.165) is 24.9 Å². The molecule has 0 radical (unpaired) electrons. The highest BCUT2D eigenvalue weighted by atomic mass is 79.9. The molecule has 2 aliphatic rings. The number of fused-ring (bicyclic) bond motifs is 2. The number of benzene rings is 2. The normalized spacial score (nSPS) is 22.2. The van der Waals surface area contributed by atoms with Crippen LogP contribution in [0, 0.1) is 23.6 Å². The lowest BCUT2D eigenvalue weighted by molar-refractivity contribution is 0.234. The summed E-state index contributed by atoms with van der Waals surface area (Å²) in [5.41, 5.74) is 0.896. The van der Waals surface area contributed by atoms with Crippen LogP contribution in [0.15, 0.2) is 35.1 Å². The second-order valence-electron chi connectivity index (χ2n) is 8.42. The Morgan fingerprint density at radius 1 is 1.19 bits per heavy atom. The van der Waals surface area contributed by atoms with E-state index >= 15 is 0 Å². The fraction of sp³-hybridized carbons (Fsp3) is 0.391. The van der Waals surface area contributed by atoms with Crippen LogP contribution in [0.2, 0.25) is 5.02 Å². The average molecular weight is 522 g/mol. The molecular formula is C23H23BrClFN4O2. The van der Waals surface area contributed by atoms with Crippen molar-refractivity contribution in [3.05, 3.63) is 45.9 Å². The maximum absolute atomic E-state index is 14.6. The Morgan fingerprint density at radius 3 is 2.72 bits per heavy atom. The highest BCUT2D eigenvalue weighted by Crippen LogP contribution is 2.40. The molecule has 0 spiro atoms. The number of methoxy groups -OCH3 is 1. The summed E-state index contributed by atoms with van der Waals surface area (Å²) >= 11 is 9.25. The molecule has 1 aromatic heterocycles. The average Bonchev–Trinajstić information content (AvgIpc) is 3.39. The molecule has 1 aliphatic carbocycles. The summed E-state index contributed by atoms with van der Waals surface area (Å²) in [5, 5.41) is 7.19. The zero-order chi connectivity index (χ0) is 22.2. The lowest BCUT2D eigenvalue weighted by Gasteiger charge is -2.17. The highest BCUT2D eigenvalue weighted by molar-refractivity contribution is 9.10. The van der Waals surface area contributed by atoms with Crippen molar-refractivity contribution < 1.29 is 13.9 Å². The number of rotatable bonds is 6. The fourth-order valence-corrected chi connectivity index (χ4v) is 5.29. The van der Waals surface area contributed by atoms with Gasteiger partial charge < -0.3 is 20.1 Å². The standard InChI is InChI=1S/C23H23BrClFN4O2/c1-31-19-6-15-18(7-20(19)32-10-12-4-13-8-27-9-14(13)5-12)28-11-29-23(15)30-17-3-2-16(24)21(25)22(17)26/h2-3,6-7,11-14,27H,4-5,8-10H2,1H3,(H,28,29,30)/t12-,13+,14-. The van der Waals surface area contributed by atoms with Crippen molar-refractivity contribution in [2.24, 2.45) is 17.8 Å². The van der Waals surface area contributed by atoms with Crippen LogP contribution in [0.3, 0.4) is 0 Å². The Bertz CT molecular complexity index is 1150. The number of anilines is 2. The zero-order valence-electron chi connectivity index (χ0n) is 17.5. The van der Waals surface area contributed by atoms with Crippen molar-refractivity contribution in [3.8, 4) is 11.5 Å². The number of nitrogens with one attached hydrogen (secondary N) is 2. The third kappa shape index (κ3) is 4.11. The van der Waals surface area contributed by atoms with Gasteiger partial charge >= 0.3 is 0 Å². The van der Waals surface area contributed by atoms with Gasteiger partial charge in [0.2, 0.25) is 0 Å². The van der Waals surface area contributed by atoms with Crippen LogP contribution in [0.5, 0.6) is 11.5 Å². The highest BCUT2D eigenvalue weighted by Gasteiger charge is 2.37. The molecule has 2 fully saturated rings. The third-order valence-electron chi connectivity index (χ3n) is 6.44. The number of ether oxygens (including phenoxy) is 2. The van der Waals surface area contributed by atoms with E-state index in [0.29, 0.717) is 45.2 Å². The minimum Gasteiger partial charge on any atom is -0.493 e. The van der Waals surface area contributed by atoms with Crippen LogP contribution in [-0.4, -0.2) is 36.8 Å². The Labute approximate surface area is 199 Å². The Balaban J connectivity index is 1.39. The van der Waals surface area contributed by atoms with E-state index in [1.165, 1.54) is 19.2 Å². The molecule has 2 N–H and O–H groups in total. The smallest absolute Gasteiger partial charge is 0.166 e. The molecule has 2 heterocycles. The molecule has 1 saturated heterocycles. The van der Waals surface area contributed by atoms with E-state index in [9.17, 15) is 4.39 Å². The SMILES string of the molecule is COc1cc2c(Nc3ccc(Br)c(Cl)c3F)ncnc2cc1OC[C@@H]1C[C@H]2CNC[C@H]2C1. The summed E-state index contributed by atoms with van der Waals surface area (Å²) in [6.07, 6.45) is 3.83. The number of nitrogens with zero attached hydrogens (tertiary/aromatic N) is 2. The lowest BCUT2D eigenvalue weighted by atomic mass is 10.0. The minimum absolute atomic E-state index is 0.00784. The zero-order valence-corrected chi connectivity index (χ0v) is 19.8. The van der Waals surface area contributed by atoms with Crippen LogP contribution in [0.1, 0.15) is 12.8 Å². The van der Waals surface area contributed by atoms with E-state index in [1.807, 2.05) is 12.1 Å². The van der Waals surface area contributed by atoms with Crippen molar-refractivity contribution in [2.45, 2.75) is 12.8 Å². The first-order chi connectivity index (χ1) is 15.5. The molecule has 3 atom stereocenters. The Hall–Kier alpha value is -2.16. The Kier molecular flexibility index (Phi) is 6.09. The topological polar surface area (TPSA) is 68.3 Å². The van der Waals surface area contributed by atoms with E-state index in [2.05, 4.69) is 36.5 Å². The monoisotopic (exact) mass is 520 g/mol. The number of halogens is 3. The third-order valence-corrected chi connectivity index (χ3v) is 7.69. The van der Waals surface area contributed by atoms with Crippen molar-refractivity contribution in [1.82, 2.24) is 15.3 Å². The van der Waals surface area contributed by atoms with Crippen LogP contribution in [0.4, 0.5) is 15.9 Å². The molecular weight excluding hydrogens is 499 g/mol. The first-order valence-corrected chi connectivity index (χ1v) is 11.8. The molecule has 2 aromatic carbocycles. The molecule has 1 saturated carbocycles. The molecule has 0 amide bonds. The lowest BCUT2D eigenvalue weighted by Crippen LogP contribution is -2.15. The fourth-order valence-electron chi connectivity index (χ4n) is 4.82. The number of hydrogen-bond acceptors (Lipinski definition) is 6. The largest absolute Gasteiger partial charge is 0.493 e. The van der Waals surface area contributed by atoms with Gasteiger partial charge in [-0.3, -0.25) is 0 Å². The predicted octanol–water partition coefficient (Wildman–Crippen LogP) is 5.56. The summed E-state index contributed by atoms with van der Waals surface area (Å²) in [4.78, 5) is 8.67. The summed E-state index contributed by atoms with van der Waals surface area (Å²) in [7, 11) is 1.60. The second kappa shape index (κ2) is 9.00. The van der Waals surface area contributed by atoms with E-state index in [-0.39, 0.29) is 10.7 Å². The molecule has 5 rings (SSSR count). The van der Waals surface area contributed by atoms with E-state index in [1.54, 1.807) is 19.2 Å². The van der Waals surface area contributed by atoms with Gasteiger partial charge in [-0.25, -0.2) is 14.4 Å². The minimum atomic E-state index is -0.559. The molecule has 1 aliphatic heterocycles. The van der Waals surface area contributed by atoms with Gasteiger partial charge in [-0.2, -0.15) is 0 Å². The van der Waals surface area contributed by atoms with Crippen LogP contribution >= 0.6 is 27.5 Å². The van der Waals surface area contributed by atoms with Crippen LogP contribution in [-0.2, 0) is 0 Å². The van der Waals surface area contributed by atoms with Crippen molar-refractivity contribution in [1.29, 1.82) is 0 Å². The first-order valence-electron chi connectivity index (χ1n) is 10.6. The van der Waals surface area contributed by atoms with E-state index in [4.69, 9.17) is 21.1 Å². The number of aromatic nitrogens is 2. The molecule has 0 unspecified atom stereocenters. The maximum Gasteiger partial charge on any atom is 0.166 e. The first kappa shape index (κ1) is 21.7. The summed E-state index contributed by atoms with van der Waals surface area (Å²) < 4.78 is 26.8. The van der Waals surface area contributed by atoms with Gasteiger partial charge in [-0.05, 0) is 77.8 Å². The molecule has 6 nitrogen and oxygen atoms in total. The maximum atomic E-state index is 14.6. The van der Waals surface area contributed by atoms with Gasteiger partial charge in [-0.15, -0.1) is 0 Å². The number of hydrogen-bond donors (Lipinski definition) is 2. The van der Waals surface area contributed by atoms with Crippen LogP contribution in [0.25, 0.3) is 10.9 Å². The quantitative estimate of drug-likeness (QED) is 0.414. The molecule has 168 valence electrons. The van der Waals surface area contributed by atoms with Gasteiger partial charge in [0.25, 0.3) is 0 Å². The van der Waals surface area contributed by atoms with Crippen LogP contribution < -0.4 is 20.1 Å².